The quantitative estimate of drug-likeness (QED) is 0.328. The number of carbonyl (C=O) groups excluding carboxylic acids is 2. The highest BCUT2D eigenvalue weighted by atomic mass is 32.2. The van der Waals surface area contributed by atoms with Crippen LogP contribution < -0.4 is 21.7 Å². The molecule has 2 heterocycles. The van der Waals surface area contributed by atoms with Gasteiger partial charge < -0.3 is 26.4 Å². The van der Waals surface area contributed by atoms with Crippen molar-refractivity contribution in [1.29, 1.82) is 0 Å². The van der Waals surface area contributed by atoms with Gasteiger partial charge in [0.15, 0.2) is 0 Å². The van der Waals surface area contributed by atoms with Crippen LogP contribution in [-0.4, -0.2) is 61.3 Å². The second-order valence-electron chi connectivity index (χ2n) is 5.62. The molecule has 0 bridgehead atoms. The van der Waals surface area contributed by atoms with E-state index in [4.69, 9.17) is 10.5 Å². The van der Waals surface area contributed by atoms with Crippen molar-refractivity contribution in [3.05, 3.63) is 0 Å². The number of nitrogens with two attached hydrogens (primary N) is 1. The van der Waals surface area contributed by atoms with E-state index in [-0.39, 0.29) is 24.0 Å². The fraction of sp³-hybridized carbons (Fsp3) is 0.857. The van der Waals surface area contributed by atoms with Crippen LogP contribution in [0.4, 0.5) is 4.79 Å². The molecule has 7 nitrogen and oxygen atoms in total. The van der Waals surface area contributed by atoms with E-state index in [2.05, 4.69) is 16.0 Å². The van der Waals surface area contributed by atoms with Gasteiger partial charge in [-0.1, -0.05) is 6.42 Å². The minimum Gasteiger partial charge on any atom is -0.378 e. The summed E-state index contributed by atoms with van der Waals surface area (Å²) in [6, 6.07) is 0.488. The number of ether oxygens (including phenoxy) is 1. The molecule has 2 aliphatic rings. The predicted molar refractivity (Wildman–Crippen MR) is 86.8 cm³/mol. The first-order chi connectivity index (χ1) is 10.7. The van der Waals surface area contributed by atoms with Crippen LogP contribution in [0.3, 0.4) is 0 Å². The Balaban J connectivity index is 1.49. The molecular formula is C14H26N4O3S. The first kappa shape index (κ1) is 17.4. The number of hydrogen-bond acceptors (Lipinski definition) is 5. The van der Waals surface area contributed by atoms with Gasteiger partial charge in [0.25, 0.3) is 0 Å². The Kier molecular flexibility index (Phi) is 7.28. The molecule has 22 heavy (non-hydrogen) atoms. The SMILES string of the molecule is NCCOCCNC(=O)CCCCC1SCC2NC(=O)N[C@@H]21. The van der Waals surface area contributed by atoms with E-state index in [9.17, 15) is 9.59 Å². The minimum atomic E-state index is -0.0449. The van der Waals surface area contributed by atoms with Gasteiger partial charge in [-0.05, 0) is 12.8 Å². The molecule has 0 aromatic carbocycles. The average Bonchev–Trinajstić information content (AvgIpc) is 3.03. The van der Waals surface area contributed by atoms with E-state index in [1.54, 1.807) is 0 Å². The van der Waals surface area contributed by atoms with Gasteiger partial charge in [-0.2, -0.15) is 11.8 Å². The third-order valence-electron chi connectivity index (χ3n) is 3.91. The van der Waals surface area contributed by atoms with Gasteiger partial charge in [-0.25, -0.2) is 4.79 Å². The van der Waals surface area contributed by atoms with Crippen molar-refractivity contribution in [2.45, 2.75) is 43.0 Å². The maximum absolute atomic E-state index is 11.6. The standard InChI is InChI=1S/C14H26N4O3S/c15-5-7-21-8-6-16-12(19)4-2-1-3-11-13-10(9-22-11)17-14(20)18-13/h10-11,13H,1-9,15H2,(H,16,19)(H2,17,18,20)/t10?,11?,13-/m0/s1. The molecule has 0 aromatic rings. The fourth-order valence-corrected chi connectivity index (χ4v) is 4.35. The predicted octanol–water partition coefficient (Wildman–Crippen LogP) is -0.196. The van der Waals surface area contributed by atoms with E-state index in [0.717, 1.165) is 25.0 Å². The Bertz CT molecular complexity index is 383. The lowest BCUT2D eigenvalue weighted by Crippen LogP contribution is -2.36. The Morgan fingerprint density at radius 1 is 1.36 bits per heavy atom. The van der Waals surface area contributed by atoms with E-state index in [1.807, 2.05) is 11.8 Å². The monoisotopic (exact) mass is 330 g/mol. The smallest absolute Gasteiger partial charge is 0.315 e. The van der Waals surface area contributed by atoms with Gasteiger partial charge in [-0.15, -0.1) is 0 Å². The van der Waals surface area contributed by atoms with Crippen molar-refractivity contribution in [2.24, 2.45) is 5.73 Å². The van der Waals surface area contributed by atoms with Crippen molar-refractivity contribution < 1.29 is 14.3 Å². The first-order valence-corrected chi connectivity index (χ1v) is 8.98. The van der Waals surface area contributed by atoms with Crippen LogP contribution in [0.1, 0.15) is 25.7 Å². The number of hydrogen-bond donors (Lipinski definition) is 4. The second kappa shape index (κ2) is 9.22. The molecule has 0 spiro atoms. The summed E-state index contributed by atoms with van der Waals surface area (Å²) in [7, 11) is 0. The van der Waals surface area contributed by atoms with Crippen molar-refractivity contribution in [3.8, 4) is 0 Å². The van der Waals surface area contributed by atoms with Crippen molar-refractivity contribution in [1.82, 2.24) is 16.0 Å². The highest BCUT2D eigenvalue weighted by Gasteiger charge is 2.42. The Hall–Kier alpha value is -0.990. The average molecular weight is 330 g/mol. The number of amides is 3. The third-order valence-corrected chi connectivity index (χ3v) is 5.42. The van der Waals surface area contributed by atoms with E-state index >= 15 is 0 Å². The lowest BCUT2D eigenvalue weighted by Gasteiger charge is -2.16. The van der Waals surface area contributed by atoms with Gasteiger partial charge in [0.05, 0.1) is 25.3 Å². The number of nitrogens with one attached hydrogen (secondary N) is 3. The molecule has 2 fully saturated rings. The molecule has 3 amide bonds. The van der Waals surface area contributed by atoms with Gasteiger partial charge in [0, 0.05) is 30.5 Å². The summed E-state index contributed by atoms with van der Waals surface area (Å²) >= 11 is 1.91. The summed E-state index contributed by atoms with van der Waals surface area (Å²) in [5.41, 5.74) is 5.30. The summed E-state index contributed by atoms with van der Waals surface area (Å²) in [5, 5.41) is 9.23. The summed E-state index contributed by atoms with van der Waals surface area (Å²) < 4.78 is 5.19. The normalized spacial score (nSPS) is 26.4. The zero-order chi connectivity index (χ0) is 15.8. The molecule has 126 valence electrons. The molecule has 0 saturated carbocycles. The first-order valence-electron chi connectivity index (χ1n) is 7.94. The van der Waals surface area contributed by atoms with Gasteiger partial charge >= 0.3 is 6.03 Å². The van der Waals surface area contributed by atoms with Gasteiger partial charge in [0.2, 0.25) is 5.91 Å². The molecular weight excluding hydrogens is 304 g/mol. The number of unbranched alkanes of at least 4 members (excludes halogenated alkanes) is 1. The lowest BCUT2D eigenvalue weighted by molar-refractivity contribution is -0.121. The number of rotatable bonds is 10. The molecule has 2 aliphatic heterocycles. The Labute approximate surface area is 135 Å². The zero-order valence-electron chi connectivity index (χ0n) is 12.8. The highest BCUT2D eigenvalue weighted by Crippen LogP contribution is 2.33. The van der Waals surface area contributed by atoms with Crippen molar-refractivity contribution in [2.75, 3.05) is 32.1 Å². The molecule has 3 atom stereocenters. The third kappa shape index (κ3) is 5.33. The molecule has 0 radical (unpaired) electrons. The number of thioether (sulfide) groups is 1. The maximum Gasteiger partial charge on any atom is 0.315 e. The van der Waals surface area contributed by atoms with Crippen LogP contribution in [0, 0.1) is 0 Å². The second-order valence-corrected chi connectivity index (χ2v) is 6.89. The van der Waals surface area contributed by atoms with Gasteiger partial charge in [-0.3, -0.25) is 4.79 Å². The maximum atomic E-state index is 11.6. The Morgan fingerprint density at radius 2 is 2.23 bits per heavy atom. The summed E-state index contributed by atoms with van der Waals surface area (Å²) in [6.07, 6.45) is 3.48. The summed E-state index contributed by atoms with van der Waals surface area (Å²) in [6.45, 7) is 2.09. The summed E-state index contributed by atoms with van der Waals surface area (Å²) in [5.74, 6) is 1.06. The fourth-order valence-electron chi connectivity index (χ4n) is 2.81. The van der Waals surface area contributed by atoms with Crippen LogP contribution in [0.25, 0.3) is 0 Å². The van der Waals surface area contributed by atoms with E-state index in [1.165, 1.54) is 0 Å². The number of fused-ring (bicyclic) bond motifs is 1. The topological polar surface area (TPSA) is 105 Å². The van der Waals surface area contributed by atoms with Gasteiger partial charge in [0.1, 0.15) is 0 Å². The number of urea groups is 1. The molecule has 0 aliphatic carbocycles. The molecule has 8 heteroatoms. The molecule has 2 unspecified atom stereocenters. The van der Waals surface area contributed by atoms with Crippen LogP contribution in [0.15, 0.2) is 0 Å². The zero-order valence-corrected chi connectivity index (χ0v) is 13.6. The van der Waals surface area contributed by atoms with Crippen LogP contribution in [0.2, 0.25) is 0 Å². The molecule has 5 N–H and O–H groups in total. The lowest BCUT2D eigenvalue weighted by atomic mass is 10.0. The van der Waals surface area contributed by atoms with E-state index in [0.29, 0.717) is 38.0 Å². The van der Waals surface area contributed by atoms with Crippen LogP contribution >= 0.6 is 11.8 Å². The Morgan fingerprint density at radius 3 is 3.05 bits per heavy atom. The number of carbonyl (C=O) groups is 2. The summed E-state index contributed by atoms with van der Waals surface area (Å²) in [4.78, 5) is 22.9. The molecule has 2 saturated heterocycles. The van der Waals surface area contributed by atoms with Crippen LogP contribution in [-0.2, 0) is 9.53 Å². The highest BCUT2D eigenvalue weighted by molar-refractivity contribution is 8.00. The van der Waals surface area contributed by atoms with Crippen molar-refractivity contribution in [3.63, 3.8) is 0 Å². The molecule has 0 aromatic heterocycles. The van der Waals surface area contributed by atoms with E-state index < -0.39 is 0 Å². The minimum absolute atomic E-state index is 0.0449. The van der Waals surface area contributed by atoms with Crippen molar-refractivity contribution >= 4 is 23.7 Å². The van der Waals surface area contributed by atoms with Crippen LogP contribution in [0.5, 0.6) is 0 Å². The molecule has 2 rings (SSSR count). The largest absolute Gasteiger partial charge is 0.378 e.